The average molecular weight is 449 g/mol. The van der Waals surface area contributed by atoms with Crippen molar-refractivity contribution in [2.45, 2.75) is 98.8 Å². The molecule has 3 rings (SSSR count). The van der Waals surface area contributed by atoms with Crippen molar-refractivity contribution in [3.63, 3.8) is 0 Å². The van der Waals surface area contributed by atoms with Crippen LogP contribution in [-0.4, -0.2) is 27.9 Å². The number of carboxylic acid groups (broad SMARTS) is 2. The first kappa shape index (κ1) is 25.2. The molecule has 2 N–H and O–H groups in total. The molecule has 0 heterocycles. The van der Waals surface area contributed by atoms with Gasteiger partial charge < -0.3 is 10.2 Å². The van der Waals surface area contributed by atoms with E-state index in [0.717, 1.165) is 25.7 Å². The van der Waals surface area contributed by atoms with Crippen LogP contribution in [0.2, 0.25) is 0 Å². The lowest BCUT2D eigenvalue weighted by molar-refractivity contribution is -0.169. The molecular formula is C27H44O5. The van der Waals surface area contributed by atoms with Crippen molar-refractivity contribution in [1.29, 1.82) is 0 Å². The number of hydrogen-bond donors (Lipinski definition) is 2. The Labute approximate surface area is 193 Å². The Bertz CT molecular complexity index is 730. The van der Waals surface area contributed by atoms with Crippen molar-refractivity contribution in [3.05, 3.63) is 0 Å². The van der Waals surface area contributed by atoms with Gasteiger partial charge in [-0.05, 0) is 72.5 Å². The van der Waals surface area contributed by atoms with Crippen LogP contribution in [0.1, 0.15) is 98.8 Å². The lowest BCUT2D eigenvalue weighted by atomic mass is 9.48. The van der Waals surface area contributed by atoms with Crippen molar-refractivity contribution in [1.82, 2.24) is 0 Å². The van der Waals surface area contributed by atoms with E-state index in [9.17, 15) is 24.6 Å². The van der Waals surface area contributed by atoms with E-state index in [2.05, 4.69) is 27.7 Å². The van der Waals surface area contributed by atoms with E-state index < -0.39 is 29.2 Å². The molecule has 0 amide bonds. The number of ketones is 1. The second-order valence-electron chi connectivity index (χ2n) is 12.2. The Morgan fingerprint density at radius 1 is 0.938 bits per heavy atom. The minimum atomic E-state index is -0.943. The van der Waals surface area contributed by atoms with Crippen LogP contribution >= 0.6 is 0 Å². The van der Waals surface area contributed by atoms with E-state index >= 15 is 0 Å². The molecule has 182 valence electrons. The SMILES string of the molecule is CC(C)CCC[C@@H](C)[C@H]1CC[C@H]2C(C(=O)O)C([C@@]3(C)CCC(=O)C[C@@H]3C(=O)O)CC[C@]12C. The molecule has 32 heavy (non-hydrogen) atoms. The van der Waals surface area contributed by atoms with Gasteiger partial charge in [0.25, 0.3) is 0 Å². The molecule has 0 aromatic heterocycles. The largest absolute Gasteiger partial charge is 0.481 e. The summed E-state index contributed by atoms with van der Waals surface area (Å²) in [6.07, 6.45) is 8.33. The lowest BCUT2D eigenvalue weighted by Crippen LogP contribution is -2.54. The molecule has 5 heteroatoms. The fourth-order valence-electron chi connectivity index (χ4n) is 8.21. The van der Waals surface area contributed by atoms with E-state index in [4.69, 9.17) is 0 Å². The number of aliphatic carboxylic acids is 2. The normalized spacial score (nSPS) is 40.8. The molecule has 3 saturated carbocycles. The molecule has 8 atom stereocenters. The zero-order valence-corrected chi connectivity index (χ0v) is 20.7. The zero-order valence-electron chi connectivity index (χ0n) is 20.7. The Kier molecular flexibility index (Phi) is 7.46. The first-order chi connectivity index (χ1) is 14.9. The maximum Gasteiger partial charge on any atom is 0.307 e. The van der Waals surface area contributed by atoms with Crippen LogP contribution in [0.25, 0.3) is 0 Å². The first-order valence-electron chi connectivity index (χ1n) is 12.9. The quantitative estimate of drug-likeness (QED) is 0.471. The average Bonchev–Trinajstić information content (AvgIpc) is 3.05. The van der Waals surface area contributed by atoms with Gasteiger partial charge in [0.1, 0.15) is 5.78 Å². The maximum absolute atomic E-state index is 12.7. The van der Waals surface area contributed by atoms with Crippen LogP contribution in [0.15, 0.2) is 0 Å². The molecule has 0 aromatic carbocycles. The van der Waals surface area contributed by atoms with Gasteiger partial charge in [-0.15, -0.1) is 0 Å². The molecule has 0 aliphatic heterocycles. The summed E-state index contributed by atoms with van der Waals surface area (Å²) in [6.45, 7) is 11.2. The van der Waals surface area contributed by atoms with Crippen LogP contribution < -0.4 is 0 Å². The summed E-state index contributed by atoms with van der Waals surface area (Å²) in [5, 5.41) is 20.3. The summed E-state index contributed by atoms with van der Waals surface area (Å²) >= 11 is 0. The molecule has 0 bridgehead atoms. The van der Waals surface area contributed by atoms with Gasteiger partial charge in [-0.2, -0.15) is 0 Å². The molecule has 3 aliphatic rings. The topological polar surface area (TPSA) is 91.7 Å². The van der Waals surface area contributed by atoms with Gasteiger partial charge in [0.15, 0.2) is 0 Å². The van der Waals surface area contributed by atoms with E-state index in [-0.39, 0.29) is 29.5 Å². The Balaban J connectivity index is 1.85. The maximum atomic E-state index is 12.7. The molecule has 2 unspecified atom stereocenters. The summed E-state index contributed by atoms with van der Waals surface area (Å²) in [6, 6.07) is 0. The first-order valence-corrected chi connectivity index (χ1v) is 12.9. The van der Waals surface area contributed by atoms with E-state index in [0.29, 0.717) is 30.6 Å². The highest BCUT2D eigenvalue weighted by molar-refractivity contribution is 5.86. The highest BCUT2D eigenvalue weighted by atomic mass is 16.4. The number of hydrogen-bond acceptors (Lipinski definition) is 3. The van der Waals surface area contributed by atoms with Crippen molar-refractivity contribution in [3.8, 4) is 0 Å². The van der Waals surface area contributed by atoms with E-state index in [1.807, 2.05) is 6.92 Å². The van der Waals surface area contributed by atoms with Crippen LogP contribution in [0.3, 0.4) is 0 Å². The number of fused-ring (bicyclic) bond motifs is 1. The van der Waals surface area contributed by atoms with Gasteiger partial charge in [0, 0.05) is 12.8 Å². The molecule has 0 radical (unpaired) electrons. The fraction of sp³-hybridized carbons (Fsp3) is 0.889. The standard InChI is InChI=1S/C27H44O5/c1-16(2)7-6-8-17(3)19-9-10-20-23(25(31)32)21(12-14-26(19,20)4)27(5)13-11-18(28)15-22(27)24(29)30/h16-17,19-23H,6-15H2,1-5H3,(H,29,30)(H,31,32)/t17-,19-,20+,21?,22-,23?,26-,27-/m1/s1. The third kappa shape index (κ3) is 4.50. The van der Waals surface area contributed by atoms with Crippen molar-refractivity contribution >= 4 is 17.7 Å². The third-order valence-electron chi connectivity index (χ3n) is 10.1. The molecule has 3 aliphatic carbocycles. The van der Waals surface area contributed by atoms with Crippen molar-refractivity contribution < 1.29 is 24.6 Å². The monoisotopic (exact) mass is 448 g/mol. The van der Waals surface area contributed by atoms with Crippen LogP contribution in [0.4, 0.5) is 0 Å². The molecular weight excluding hydrogens is 404 g/mol. The Morgan fingerprint density at radius 3 is 2.19 bits per heavy atom. The zero-order chi connectivity index (χ0) is 23.8. The predicted molar refractivity (Wildman–Crippen MR) is 124 cm³/mol. The number of carboxylic acids is 2. The number of Topliss-reactive ketones (excluding diaryl/α,β-unsaturated/α-hetero) is 1. The molecule has 0 aromatic rings. The van der Waals surface area contributed by atoms with Gasteiger partial charge in [0.05, 0.1) is 11.8 Å². The number of rotatable bonds is 8. The van der Waals surface area contributed by atoms with Crippen molar-refractivity contribution in [2.75, 3.05) is 0 Å². The lowest BCUT2D eigenvalue weighted by Gasteiger charge is -2.55. The summed E-state index contributed by atoms with van der Waals surface area (Å²) in [5.74, 6) is -1.23. The number of carbonyl (C=O) groups excluding carboxylic acids is 1. The minimum absolute atomic E-state index is 0.00134. The third-order valence-corrected chi connectivity index (χ3v) is 10.1. The summed E-state index contributed by atoms with van der Waals surface area (Å²) in [4.78, 5) is 36.9. The van der Waals surface area contributed by atoms with Crippen LogP contribution in [0, 0.1) is 52.3 Å². The van der Waals surface area contributed by atoms with Crippen LogP contribution in [-0.2, 0) is 14.4 Å². The second-order valence-corrected chi connectivity index (χ2v) is 12.2. The molecule has 5 nitrogen and oxygen atoms in total. The van der Waals surface area contributed by atoms with Crippen LogP contribution in [0.5, 0.6) is 0 Å². The summed E-state index contributed by atoms with van der Waals surface area (Å²) in [7, 11) is 0. The highest BCUT2D eigenvalue weighted by Gasteiger charge is 2.61. The van der Waals surface area contributed by atoms with Gasteiger partial charge in [-0.3, -0.25) is 14.4 Å². The highest BCUT2D eigenvalue weighted by Crippen LogP contribution is 2.65. The van der Waals surface area contributed by atoms with Gasteiger partial charge in [-0.25, -0.2) is 0 Å². The Hall–Kier alpha value is -1.39. The van der Waals surface area contributed by atoms with E-state index in [1.165, 1.54) is 19.3 Å². The molecule has 3 fully saturated rings. The van der Waals surface area contributed by atoms with E-state index in [1.54, 1.807) is 0 Å². The van der Waals surface area contributed by atoms with Crippen molar-refractivity contribution in [2.24, 2.45) is 52.3 Å². The summed E-state index contributed by atoms with van der Waals surface area (Å²) in [5.41, 5.74) is -0.624. The second kappa shape index (κ2) is 9.46. The minimum Gasteiger partial charge on any atom is -0.481 e. The van der Waals surface area contributed by atoms with Gasteiger partial charge in [0.2, 0.25) is 0 Å². The predicted octanol–water partition coefficient (Wildman–Crippen LogP) is 6.05. The fourth-order valence-corrected chi connectivity index (χ4v) is 8.21. The van der Waals surface area contributed by atoms with Gasteiger partial charge >= 0.3 is 11.9 Å². The smallest absolute Gasteiger partial charge is 0.307 e. The summed E-state index contributed by atoms with van der Waals surface area (Å²) < 4.78 is 0. The Morgan fingerprint density at radius 2 is 1.59 bits per heavy atom. The molecule has 0 saturated heterocycles. The number of carbonyl (C=O) groups is 3. The molecule has 0 spiro atoms. The van der Waals surface area contributed by atoms with Gasteiger partial charge in [-0.1, -0.05) is 53.9 Å².